The molecule has 1 N–H and O–H groups in total. The Balaban J connectivity index is 1.69. The lowest BCUT2D eigenvalue weighted by Gasteiger charge is -2.16. The van der Waals surface area contributed by atoms with E-state index in [1.807, 2.05) is 24.3 Å². The van der Waals surface area contributed by atoms with E-state index in [1.165, 1.54) is 0 Å². The molecule has 1 unspecified atom stereocenters. The van der Waals surface area contributed by atoms with Gasteiger partial charge in [-0.15, -0.1) is 0 Å². The minimum absolute atomic E-state index is 0.0371. The number of aromatic amines is 1. The van der Waals surface area contributed by atoms with E-state index in [-0.39, 0.29) is 17.6 Å². The lowest BCUT2D eigenvalue weighted by Crippen LogP contribution is -2.28. The van der Waals surface area contributed by atoms with Gasteiger partial charge in [-0.2, -0.15) is 0 Å². The second kappa shape index (κ2) is 6.91. The summed E-state index contributed by atoms with van der Waals surface area (Å²) >= 11 is 0. The first kappa shape index (κ1) is 17.3. The summed E-state index contributed by atoms with van der Waals surface area (Å²) in [5.41, 5.74) is 3.12. The molecule has 3 aromatic rings. The van der Waals surface area contributed by atoms with Crippen LogP contribution in [0.5, 0.6) is 5.75 Å². The molecule has 0 spiro atoms. The Hall–Kier alpha value is -3.08. The fraction of sp³-hybridized carbons (Fsp3) is 0.273. The van der Waals surface area contributed by atoms with Crippen molar-refractivity contribution in [3.05, 3.63) is 64.6 Å². The van der Waals surface area contributed by atoms with Crippen LogP contribution in [0.1, 0.15) is 18.9 Å². The normalized spacial score (nSPS) is 16.7. The maximum absolute atomic E-state index is 12.4. The number of carbonyl (C=O) groups excluding carboxylic acids is 1. The first-order chi connectivity index (χ1) is 13.0. The van der Waals surface area contributed by atoms with Gasteiger partial charge < -0.3 is 14.6 Å². The van der Waals surface area contributed by atoms with Crippen LogP contribution >= 0.6 is 0 Å². The molecule has 2 heterocycles. The SMILES string of the molecule is CC(=O)N1CCC(Oc2ccc3c(-c4ccccc4C)c[nH]c(=O)c3c2)C1. The van der Waals surface area contributed by atoms with Crippen molar-refractivity contribution in [3.8, 4) is 16.9 Å². The van der Waals surface area contributed by atoms with Crippen LogP contribution in [0.2, 0.25) is 0 Å². The zero-order valence-electron chi connectivity index (χ0n) is 15.5. The number of benzene rings is 2. The van der Waals surface area contributed by atoms with Crippen molar-refractivity contribution in [2.24, 2.45) is 0 Å². The standard InChI is InChI=1S/C22H22N2O3/c1-14-5-3-4-6-18(14)21-12-23-22(26)20-11-16(7-8-19(20)21)27-17-9-10-24(13-17)15(2)25/h3-8,11-12,17H,9-10,13H2,1-2H3,(H,23,26). The summed E-state index contributed by atoms with van der Waals surface area (Å²) in [6.07, 6.45) is 2.54. The number of hydrogen-bond acceptors (Lipinski definition) is 3. The van der Waals surface area contributed by atoms with Crippen LogP contribution in [0.15, 0.2) is 53.5 Å². The van der Waals surface area contributed by atoms with Gasteiger partial charge in [-0.3, -0.25) is 9.59 Å². The molecule has 4 rings (SSSR count). The van der Waals surface area contributed by atoms with E-state index < -0.39 is 0 Å². The van der Waals surface area contributed by atoms with Crippen LogP contribution < -0.4 is 10.3 Å². The zero-order valence-corrected chi connectivity index (χ0v) is 15.5. The summed E-state index contributed by atoms with van der Waals surface area (Å²) in [6, 6.07) is 13.8. The van der Waals surface area contributed by atoms with Gasteiger partial charge in [0.15, 0.2) is 0 Å². The van der Waals surface area contributed by atoms with Crippen molar-refractivity contribution in [3.63, 3.8) is 0 Å². The number of rotatable bonds is 3. The van der Waals surface area contributed by atoms with E-state index in [4.69, 9.17) is 4.74 Å². The van der Waals surface area contributed by atoms with Crippen LogP contribution in [-0.4, -0.2) is 35.0 Å². The number of aromatic nitrogens is 1. The van der Waals surface area contributed by atoms with E-state index in [0.29, 0.717) is 24.2 Å². The van der Waals surface area contributed by atoms with E-state index in [2.05, 4.69) is 24.0 Å². The Bertz CT molecular complexity index is 1070. The van der Waals surface area contributed by atoms with Crippen LogP contribution in [-0.2, 0) is 4.79 Å². The smallest absolute Gasteiger partial charge is 0.255 e. The lowest BCUT2D eigenvalue weighted by molar-refractivity contribution is -0.128. The minimum atomic E-state index is -0.135. The van der Waals surface area contributed by atoms with E-state index >= 15 is 0 Å². The zero-order chi connectivity index (χ0) is 19.0. The quantitative estimate of drug-likeness (QED) is 0.776. The van der Waals surface area contributed by atoms with Gasteiger partial charge in [-0.05, 0) is 41.6 Å². The molecule has 5 heteroatoms. The molecule has 1 saturated heterocycles. The monoisotopic (exact) mass is 362 g/mol. The third-order valence-corrected chi connectivity index (χ3v) is 5.20. The number of pyridine rings is 1. The number of hydrogen-bond donors (Lipinski definition) is 1. The largest absolute Gasteiger partial charge is 0.488 e. The molecule has 2 aromatic carbocycles. The van der Waals surface area contributed by atoms with Gasteiger partial charge in [0.05, 0.1) is 11.9 Å². The molecule has 1 atom stereocenters. The molecule has 1 amide bonds. The van der Waals surface area contributed by atoms with Crippen molar-refractivity contribution >= 4 is 16.7 Å². The van der Waals surface area contributed by atoms with Crippen LogP contribution in [0.25, 0.3) is 21.9 Å². The highest BCUT2D eigenvalue weighted by Gasteiger charge is 2.25. The summed E-state index contributed by atoms with van der Waals surface area (Å²) in [7, 11) is 0. The van der Waals surface area contributed by atoms with Gasteiger partial charge in [0.2, 0.25) is 5.91 Å². The predicted octanol–water partition coefficient (Wildman–Crippen LogP) is 3.50. The van der Waals surface area contributed by atoms with Gasteiger partial charge in [0.1, 0.15) is 11.9 Å². The summed E-state index contributed by atoms with van der Waals surface area (Å²) in [5.74, 6) is 0.726. The molecule has 0 bridgehead atoms. The summed E-state index contributed by atoms with van der Waals surface area (Å²) < 4.78 is 6.04. The molecule has 1 aliphatic heterocycles. The van der Waals surface area contributed by atoms with E-state index in [1.54, 1.807) is 24.1 Å². The summed E-state index contributed by atoms with van der Waals surface area (Å²) in [4.78, 5) is 28.5. The molecule has 138 valence electrons. The van der Waals surface area contributed by atoms with Crippen molar-refractivity contribution < 1.29 is 9.53 Å². The van der Waals surface area contributed by atoms with E-state index in [9.17, 15) is 9.59 Å². The molecule has 5 nitrogen and oxygen atoms in total. The van der Waals surface area contributed by atoms with Gasteiger partial charge in [-0.1, -0.05) is 24.3 Å². The lowest BCUT2D eigenvalue weighted by atomic mass is 9.97. The number of nitrogens with one attached hydrogen (secondary N) is 1. The molecule has 1 fully saturated rings. The Morgan fingerprint density at radius 2 is 1.96 bits per heavy atom. The average molecular weight is 362 g/mol. The number of aryl methyl sites for hydroxylation is 1. The molecular formula is C22H22N2O3. The maximum atomic E-state index is 12.4. The van der Waals surface area contributed by atoms with Crippen molar-refractivity contribution in [1.82, 2.24) is 9.88 Å². The fourth-order valence-electron chi connectivity index (χ4n) is 3.71. The average Bonchev–Trinajstić information content (AvgIpc) is 3.12. The van der Waals surface area contributed by atoms with Gasteiger partial charge in [0, 0.05) is 31.6 Å². The van der Waals surface area contributed by atoms with Gasteiger partial charge >= 0.3 is 0 Å². The topological polar surface area (TPSA) is 62.4 Å². The Morgan fingerprint density at radius 1 is 1.15 bits per heavy atom. The second-order valence-corrected chi connectivity index (χ2v) is 7.05. The second-order valence-electron chi connectivity index (χ2n) is 7.05. The number of nitrogens with zero attached hydrogens (tertiary/aromatic N) is 1. The molecule has 0 saturated carbocycles. The molecule has 1 aliphatic rings. The van der Waals surface area contributed by atoms with Crippen LogP contribution in [0, 0.1) is 6.92 Å². The highest BCUT2D eigenvalue weighted by atomic mass is 16.5. The van der Waals surface area contributed by atoms with Crippen molar-refractivity contribution in [1.29, 1.82) is 0 Å². The number of ether oxygens (including phenoxy) is 1. The summed E-state index contributed by atoms with van der Waals surface area (Å²) in [5, 5.41) is 1.51. The Kier molecular flexibility index (Phi) is 4.44. The number of likely N-dealkylation sites (tertiary alicyclic amines) is 1. The molecule has 0 aliphatic carbocycles. The van der Waals surface area contributed by atoms with Crippen molar-refractivity contribution in [2.75, 3.05) is 13.1 Å². The number of fused-ring (bicyclic) bond motifs is 1. The third-order valence-electron chi connectivity index (χ3n) is 5.20. The predicted molar refractivity (Wildman–Crippen MR) is 106 cm³/mol. The van der Waals surface area contributed by atoms with Crippen LogP contribution in [0.4, 0.5) is 0 Å². The molecular weight excluding hydrogens is 340 g/mol. The van der Waals surface area contributed by atoms with Gasteiger partial charge in [-0.25, -0.2) is 0 Å². The molecule has 1 aromatic heterocycles. The number of amides is 1. The Labute approximate surface area is 157 Å². The fourth-order valence-corrected chi connectivity index (χ4v) is 3.71. The first-order valence-electron chi connectivity index (χ1n) is 9.16. The summed E-state index contributed by atoms with van der Waals surface area (Å²) in [6.45, 7) is 4.94. The number of H-pyrrole nitrogens is 1. The highest BCUT2D eigenvalue weighted by Crippen LogP contribution is 2.31. The first-order valence-corrected chi connectivity index (χ1v) is 9.16. The Morgan fingerprint density at radius 3 is 2.70 bits per heavy atom. The van der Waals surface area contributed by atoms with Crippen molar-refractivity contribution in [2.45, 2.75) is 26.4 Å². The third kappa shape index (κ3) is 3.33. The number of carbonyl (C=O) groups is 1. The maximum Gasteiger partial charge on any atom is 0.255 e. The highest BCUT2D eigenvalue weighted by molar-refractivity contribution is 5.97. The minimum Gasteiger partial charge on any atom is -0.488 e. The van der Waals surface area contributed by atoms with Crippen LogP contribution in [0.3, 0.4) is 0 Å². The molecule has 27 heavy (non-hydrogen) atoms. The van der Waals surface area contributed by atoms with Gasteiger partial charge in [0.25, 0.3) is 5.56 Å². The van der Waals surface area contributed by atoms with E-state index in [0.717, 1.165) is 28.5 Å². The molecule has 0 radical (unpaired) electrons.